The SMILES string of the molecule is COc1cc2c(cnn2SF)cc1B1OC(C)(C)C(C)(C)O1. The minimum absolute atomic E-state index is 0.0493. The molecule has 0 unspecified atom stereocenters. The molecule has 2 aromatic rings. The third-order valence-corrected chi connectivity index (χ3v) is 4.88. The molecule has 0 aliphatic carbocycles. The van der Waals surface area contributed by atoms with Crippen LogP contribution in [0.4, 0.5) is 3.89 Å². The molecule has 0 N–H and O–H groups in total. The fourth-order valence-electron chi connectivity index (χ4n) is 2.44. The topological polar surface area (TPSA) is 45.5 Å². The Hall–Kier alpha value is -1.25. The van der Waals surface area contributed by atoms with Crippen molar-refractivity contribution < 1.29 is 17.9 Å². The second-order valence-electron chi connectivity index (χ2n) is 6.33. The monoisotopic (exact) mass is 324 g/mol. The zero-order chi connectivity index (χ0) is 16.1. The predicted octanol–water partition coefficient (Wildman–Crippen LogP) is 2.72. The normalized spacial score (nSPS) is 19.8. The molecular weight excluding hydrogens is 306 g/mol. The highest BCUT2D eigenvalue weighted by molar-refractivity contribution is 7.92. The maximum atomic E-state index is 12.9. The van der Waals surface area contributed by atoms with Crippen LogP contribution in [0.1, 0.15) is 27.7 Å². The minimum Gasteiger partial charge on any atom is -0.497 e. The van der Waals surface area contributed by atoms with Crippen molar-refractivity contribution in [3.05, 3.63) is 18.3 Å². The average Bonchev–Trinajstić information content (AvgIpc) is 2.95. The van der Waals surface area contributed by atoms with Gasteiger partial charge in [0.15, 0.2) is 12.3 Å². The predicted molar refractivity (Wildman–Crippen MR) is 86.1 cm³/mol. The van der Waals surface area contributed by atoms with Crippen LogP contribution in [-0.2, 0) is 9.31 Å². The second-order valence-corrected chi connectivity index (χ2v) is 6.81. The Bertz CT molecular complexity index is 703. The number of hydrogen-bond acceptors (Lipinski definition) is 5. The van der Waals surface area contributed by atoms with Gasteiger partial charge in [-0.3, -0.25) is 0 Å². The van der Waals surface area contributed by atoms with Crippen molar-refractivity contribution in [1.29, 1.82) is 0 Å². The molecule has 5 nitrogen and oxygen atoms in total. The van der Waals surface area contributed by atoms with Crippen molar-refractivity contribution in [1.82, 2.24) is 9.19 Å². The maximum Gasteiger partial charge on any atom is 0.498 e. The van der Waals surface area contributed by atoms with E-state index in [-0.39, 0.29) is 12.3 Å². The van der Waals surface area contributed by atoms with Crippen molar-refractivity contribution in [3.8, 4) is 5.75 Å². The molecule has 0 bridgehead atoms. The standard InChI is InChI=1S/C14H18BFN2O3S/c1-13(2)14(3,4)21-15(20-13)10-6-9-8-17-18(22-16)11(9)7-12(10)19-5/h6-8H,1-5H3. The number of hydrogen-bond donors (Lipinski definition) is 0. The zero-order valence-corrected chi connectivity index (χ0v) is 14.0. The summed E-state index contributed by atoms with van der Waals surface area (Å²) < 4.78 is 31.6. The summed E-state index contributed by atoms with van der Waals surface area (Å²) in [6.07, 6.45) is 1.61. The Kier molecular flexibility index (Phi) is 3.66. The molecule has 1 saturated heterocycles. The molecular formula is C14H18BFN2O3S. The average molecular weight is 324 g/mol. The van der Waals surface area contributed by atoms with E-state index in [9.17, 15) is 3.89 Å². The molecule has 0 atom stereocenters. The summed E-state index contributed by atoms with van der Waals surface area (Å²) in [5.74, 6) is 0.585. The largest absolute Gasteiger partial charge is 0.498 e. The van der Waals surface area contributed by atoms with Gasteiger partial charge in [0.25, 0.3) is 0 Å². The smallest absolute Gasteiger partial charge is 0.497 e. The quantitative estimate of drug-likeness (QED) is 0.813. The molecule has 3 rings (SSSR count). The number of aromatic nitrogens is 2. The lowest BCUT2D eigenvalue weighted by atomic mass is 9.78. The fourth-order valence-corrected chi connectivity index (χ4v) is 2.75. The van der Waals surface area contributed by atoms with E-state index in [1.807, 2.05) is 33.8 Å². The molecule has 1 aromatic carbocycles. The van der Waals surface area contributed by atoms with Crippen LogP contribution >= 0.6 is 12.3 Å². The summed E-state index contributed by atoms with van der Waals surface area (Å²) in [6, 6.07) is 3.62. The molecule has 22 heavy (non-hydrogen) atoms. The van der Waals surface area contributed by atoms with Crippen molar-refractivity contribution in [3.63, 3.8) is 0 Å². The fraction of sp³-hybridized carbons (Fsp3) is 0.500. The van der Waals surface area contributed by atoms with Crippen LogP contribution in [0.3, 0.4) is 0 Å². The number of benzene rings is 1. The summed E-state index contributed by atoms with van der Waals surface area (Å²) in [4.78, 5) is 0. The highest BCUT2D eigenvalue weighted by Crippen LogP contribution is 2.37. The van der Waals surface area contributed by atoms with E-state index in [0.717, 1.165) is 10.8 Å². The third kappa shape index (κ3) is 2.30. The lowest BCUT2D eigenvalue weighted by molar-refractivity contribution is 0.00578. The van der Waals surface area contributed by atoms with Crippen LogP contribution in [-0.4, -0.2) is 34.6 Å². The minimum atomic E-state index is -0.536. The molecule has 0 amide bonds. The Morgan fingerprint density at radius 2 is 1.86 bits per heavy atom. The highest BCUT2D eigenvalue weighted by atomic mass is 32.2. The molecule has 0 saturated carbocycles. The molecule has 1 aliphatic heterocycles. The molecule has 0 radical (unpaired) electrons. The van der Waals surface area contributed by atoms with E-state index in [1.165, 1.54) is 4.09 Å². The number of halogens is 1. The van der Waals surface area contributed by atoms with Crippen LogP contribution in [0.25, 0.3) is 10.9 Å². The lowest BCUT2D eigenvalue weighted by Crippen LogP contribution is -2.41. The van der Waals surface area contributed by atoms with E-state index in [1.54, 1.807) is 19.4 Å². The highest BCUT2D eigenvalue weighted by Gasteiger charge is 2.52. The van der Waals surface area contributed by atoms with Gasteiger partial charge in [-0.2, -0.15) is 9.19 Å². The number of ether oxygens (including phenoxy) is 1. The Morgan fingerprint density at radius 3 is 2.41 bits per heavy atom. The molecule has 2 heterocycles. The van der Waals surface area contributed by atoms with E-state index in [4.69, 9.17) is 14.0 Å². The van der Waals surface area contributed by atoms with Gasteiger partial charge in [-0.05, 0) is 33.8 Å². The van der Waals surface area contributed by atoms with E-state index >= 15 is 0 Å². The van der Waals surface area contributed by atoms with Crippen molar-refractivity contribution in [2.45, 2.75) is 38.9 Å². The molecule has 1 aliphatic rings. The van der Waals surface area contributed by atoms with E-state index in [0.29, 0.717) is 11.3 Å². The van der Waals surface area contributed by atoms with Gasteiger partial charge >= 0.3 is 7.12 Å². The summed E-state index contributed by atoms with van der Waals surface area (Å²) in [5, 5.41) is 4.78. The Labute approximate surface area is 133 Å². The first kappa shape index (κ1) is 15.6. The van der Waals surface area contributed by atoms with Gasteiger partial charge in [0.1, 0.15) is 5.75 Å². The maximum absolute atomic E-state index is 12.9. The summed E-state index contributed by atoms with van der Waals surface area (Å²) in [7, 11) is 1.03. The number of methoxy groups -OCH3 is 1. The van der Waals surface area contributed by atoms with Crippen LogP contribution in [0.2, 0.25) is 0 Å². The Balaban J connectivity index is 2.08. The number of fused-ring (bicyclic) bond motifs is 1. The molecule has 1 aromatic heterocycles. The van der Waals surface area contributed by atoms with Crippen LogP contribution < -0.4 is 10.2 Å². The van der Waals surface area contributed by atoms with Gasteiger partial charge in [-0.1, -0.05) is 0 Å². The molecule has 8 heteroatoms. The van der Waals surface area contributed by atoms with Gasteiger partial charge < -0.3 is 14.0 Å². The first-order valence-corrected chi connectivity index (χ1v) is 7.67. The summed E-state index contributed by atoms with van der Waals surface area (Å²) in [6.45, 7) is 7.98. The number of nitrogens with zero attached hydrogens (tertiary/aromatic N) is 2. The second kappa shape index (κ2) is 5.14. The zero-order valence-electron chi connectivity index (χ0n) is 13.2. The third-order valence-electron chi connectivity index (χ3n) is 4.46. The van der Waals surface area contributed by atoms with Gasteiger partial charge in [0.05, 0.1) is 30.0 Å². The van der Waals surface area contributed by atoms with Gasteiger partial charge in [-0.15, -0.1) is 3.89 Å². The van der Waals surface area contributed by atoms with Crippen molar-refractivity contribution in [2.24, 2.45) is 0 Å². The first-order valence-electron chi connectivity index (χ1n) is 6.99. The van der Waals surface area contributed by atoms with Crippen molar-refractivity contribution in [2.75, 3.05) is 7.11 Å². The van der Waals surface area contributed by atoms with E-state index < -0.39 is 18.3 Å². The Morgan fingerprint density at radius 1 is 1.23 bits per heavy atom. The van der Waals surface area contributed by atoms with Gasteiger partial charge in [0.2, 0.25) is 0 Å². The first-order chi connectivity index (χ1) is 10.3. The molecule has 118 valence electrons. The van der Waals surface area contributed by atoms with Gasteiger partial charge in [-0.25, -0.2) is 0 Å². The van der Waals surface area contributed by atoms with Crippen LogP contribution in [0.15, 0.2) is 18.3 Å². The van der Waals surface area contributed by atoms with Crippen LogP contribution in [0, 0.1) is 0 Å². The number of rotatable bonds is 3. The van der Waals surface area contributed by atoms with E-state index in [2.05, 4.69) is 5.10 Å². The lowest BCUT2D eigenvalue weighted by Gasteiger charge is -2.32. The molecule has 0 spiro atoms. The van der Waals surface area contributed by atoms with Crippen molar-refractivity contribution >= 4 is 35.8 Å². The molecule has 1 fully saturated rings. The van der Waals surface area contributed by atoms with Gasteiger partial charge in [0, 0.05) is 16.9 Å². The summed E-state index contributed by atoms with van der Waals surface area (Å²) >= 11 is 0.0493. The summed E-state index contributed by atoms with van der Waals surface area (Å²) in [5.41, 5.74) is 0.550. The van der Waals surface area contributed by atoms with Crippen LogP contribution in [0.5, 0.6) is 5.75 Å².